The van der Waals surface area contributed by atoms with Gasteiger partial charge in [0.05, 0.1) is 51.8 Å². The Kier molecular flexibility index (Phi) is 13.8. The van der Waals surface area contributed by atoms with Gasteiger partial charge in [0.25, 0.3) is 0 Å². The minimum absolute atomic E-state index is 0.00888. The largest absolute Gasteiger partial charge is 0.378 e. The van der Waals surface area contributed by atoms with Crippen LogP contribution < -0.4 is 11.5 Å². The van der Waals surface area contributed by atoms with Crippen LogP contribution in [0, 0.1) is 5.41 Å². The van der Waals surface area contributed by atoms with Crippen molar-refractivity contribution in [3.8, 4) is 0 Å². The van der Waals surface area contributed by atoms with E-state index in [9.17, 15) is 0 Å². The summed E-state index contributed by atoms with van der Waals surface area (Å²) in [4.78, 5) is 0. The molecule has 6 heteroatoms. The average molecular weight is 364 g/mol. The molecule has 6 nitrogen and oxygen atoms in total. The molecule has 0 aliphatic rings. The van der Waals surface area contributed by atoms with Gasteiger partial charge in [-0.3, -0.25) is 0 Å². The van der Waals surface area contributed by atoms with Crippen LogP contribution in [0.2, 0.25) is 0 Å². The zero-order chi connectivity index (χ0) is 19.3. The third-order valence-corrected chi connectivity index (χ3v) is 3.77. The molecule has 0 spiro atoms. The third-order valence-electron chi connectivity index (χ3n) is 3.77. The number of rotatable bonds is 16. The van der Waals surface area contributed by atoms with E-state index in [2.05, 4.69) is 19.6 Å². The molecule has 0 saturated carbocycles. The summed E-state index contributed by atoms with van der Waals surface area (Å²) in [5.74, 6) is 0. The Labute approximate surface area is 154 Å². The van der Waals surface area contributed by atoms with Crippen LogP contribution in [0.15, 0.2) is 0 Å². The van der Waals surface area contributed by atoms with Gasteiger partial charge >= 0.3 is 0 Å². The van der Waals surface area contributed by atoms with E-state index < -0.39 is 0 Å². The lowest BCUT2D eigenvalue weighted by Gasteiger charge is -2.30. The lowest BCUT2D eigenvalue weighted by Crippen LogP contribution is -2.61. The summed E-state index contributed by atoms with van der Waals surface area (Å²) in [6.45, 7) is 16.2. The van der Waals surface area contributed by atoms with Crippen LogP contribution in [0.25, 0.3) is 0 Å². The first-order chi connectivity index (χ1) is 11.7. The Morgan fingerprint density at radius 2 is 1.36 bits per heavy atom. The zero-order valence-electron chi connectivity index (χ0n) is 17.4. The highest BCUT2D eigenvalue weighted by Crippen LogP contribution is 2.24. The fourth-order valence-corrected chi connectivity index (χ4v) is 2.47. The summed E-state index contributed by atoms with van der Waals surface area (Å²) < 4.78 is 23.1. The summed E-state index contributed by atoms with van der Waals surface area (Å²) in [6.07, 6.45) is 2.30. The van der Waals surface area contributed by atoms with E-state index in [-0.39, 0.29) is 23.7 Å². The predicted molar refractivity (Wildman–Crippen MR) is 101 cm³/mol. The Morgan fingerprint density at radius 3 is 1.76 bits per heavy atom. The van der Waals surface area contributed by atoms with E-state index in [4.69, 9.17) is 24.7 Å². The maximum atomic E-state index is 5.91. The molecule has 0 aromatic heterocycles. The van der Waals surface area contributed by atoms with Gasteiger partial charge in [-0.1, -0.05) is 20.3 Å². The molecule has 0 aromatic carbocycles. The number of hydrogen-bond acceptors (Lipinski definition) is 5. The lowest BCUT2D eigenvalue weighted by atomic mass is 9.87. The molecule has 0 bridgehead atoms. The van der Waals surface area contributed by atoms with Gasteiger partial charge in [0.15, 0.2) is 0 Å². The third kappa shape index (κ3) is 14.6. The number of quaternary nitrogens is 1. The van der Waals surface area contributed by atoms with Crippen LogP contribution >= 0.6 is 0 Å². The van der Waals surface area contributed by atoms with Gasteiger partial charge in [-0.15, -0.1) is 0 Å². The van der Waals surface area contributed by atoms with Crippen LogP contribution in [0.3, 0.4) is 0 Å². The molecule has 152 valence electrons. The summed E-state index contributed by atoms with van der Waals surface area (Å²) in [6, 6.07) is 0.351. The Morgan fingerprint density at radius 1 is 0.880 bits per heavy atom. The topological polar surface area (TPSA) is 90.6 Å². The van der Waals surface area contributed by atoms with Crippen molar-refractivity contribution in [2.45, 2.75) is 78.7 Å². The molecule has 0 heterocycles. The van der Waals surface area contributed by atoms with E-state index in [1.165, 1.54) is 0 Å². The van der Waals surface area contributed by atoms with Crippen molar-refractivity contribution in [1.29, 1.82) is 0 Å². The first kappa shape index (κ1) is 24.8. The molecule has 0 aromatic rings. The van der Waals surface area contributed by atoms with Crippen LogP contribution in [-0.2, 0) is 18.9 Å². The molecule has 0 radical (unpaired) electrons. The maximum absolute atomic E-state index is 5.91. The van der Waals surface area contributed by atoms with Crippen molar-refractivity contribution in [3.05, 3.63) is 0 Å². The SMILES string of the molecule is CCCC(C)(COCC(C)OCC(C)N)COCC(C)OCC(C)[NH3+]. The summed E-state index contributed by atoms with van der Waals surface area (Å²) in [5.41, 5.74) is 9.63. The second kappa shape index (κ2) is 13.9. The van der Waals surface area contributed by atoms with Crippen LogP contribution in [0.4, 0.5) is 0 Å². The van der Waals surface area contributed by atoms with Gasteiger partial charge in [0.1, 0.15) is 6.04 Å². The lowest BCUT2D eigenvalue weighted by molar-refractivity contribution is -0.422. The molecule has 0 saturated heterocycles. The Balaban J connectivity index is 4.09. The highest BCUT2D eigenvalue weighted by molar-refractivity contribution is 4.73. The fourth-order valence-electron chi connectivity index (χ4n) is 2.47. The molecule has 25 heavy (non-hydrogen) atoms. The normalized spacial score (nSPS) is 19.2. The van der Waals surface area contributed by atoms with E-state index in [0.29, 0.717) is 45.7 Å². The number of ether oxygens (including phenoxy) is 4. The van der Waals surface area contributed by atoms with Crippen molar-refractivity contribution in [2.75, 3.05) is 39.6 Å². The van der Waals surface area contributed by atoms with Gasteiger partial charge < -0.3 is 30.4 Å². The highest BCUT2D eigenvalue weighted by atomic mass is 16.5. The second-order valence-electron chi connectivity index (χ2n) is 7.96. The van der Waals surface area contributed by atoms with Gasteiger partial charge in [0.2, 0.25) is 0 Å². The van der Waals surface area contributed by atoms with Crippen LogP contribution in [-0.4, -0.2) is 63.9 Å². The van der Waals surface area contributed by atoms with E-state index in [1.54, 1.807) is 0 Å². The molecular formula is C19H43N2O4+. The molecule has 0 rings (SSSR count). The van der Waals surface area contributed by atoms with Crippen molar-refractivity contribution in [3.63, 3.8) is 0 Å². The van der Waals surface area contributed by atoms with Gasteiger partial charge in [0, 0.05) is 11.5 Å². The monoisotopic (exact) mass is 363 g/mol. The molecular weight excluding hydrogens is 320 g/mol. The smallest absolute Gasteiger partial charge is 0.105 e. The Hall–Kier alpha value is -0.240. The van der Waals surface area contributed by atoms with E-state index >= 15 is 0 Å². The first-order valence-corrected chi connectivity index (χ1v) is 9.66. The van der Waals surface area contributed by atoms with Crippen molar-refractivity contribution in [2.24, 2.45) is 11.1 Å². The maximum Gasteiger partial charge on any atom is 0.105 e. The number of nitrogens with two attached hydrogens (primary N) is 1. The van der Waals surface area contributed by atoms with Gasteiger partial charge in [-0.05, 0) is 34.1 Å². The molecule has 0 aliphatic carbocycles. The summed E-state index contributed by atoms with van der Waals surface area (Å²) >= 11 is 0. The fraction of sp³-hybridized carbons (Fsp3) is 1.00. The molecule has 0 amide bonds. The first-order valence-electron chi connectivity index (χ1n) is 9.66. The molecule has 5 N–H and O–H groups in total. The molecule has 5 unspecified atom stereocenters. The predicted octanol–water partition coefficient (Wildman–Crippen LogP) is 1.61. The minimum Gasteiger partial charge on any atom is -0.378 e. The average Bonchev–Trinajstić information content (AvgIpc) is 2.51. The Bertz CT molecular complexity index is 290. The molecule has 5 atom stereocenters. The van der Waals surface area contributed by atoms with Crippen LogP contribution in [0.5, 0.6) is 0 Å². The highest BCUT2D eigenvalue weighted by Gasteiger charge is 2.25. The number of hydrogen-bond donors (Lipinski definition) is 2. The second-order valence-corrected chi connectivity index (χ2v) is 7.96. The summed E-state index contributed by atoms with van der Waals surface area (Å²) in [5, 5.41) is 0. The molecule has 0 fully saturated rings. The molecule has 0 aliphatic heterocycles. The zero-order valence-corrected chi connectivity index (χ0v) is 17.4. The van der Waals surface area contributed by atoms with Crippen molar-refractivity contribution >= 4 is 0 Å². The van der Waals surface area contributed by atoms with E-state index in [1.807, 2.05) is 27.7 Å². The quantitative estimate of drug-likeness (QED) is 0.435. The van der Waals surface area contributed by atoms with Gasteiger partial charge in [-0.2, -0.15) is 0 Å². The van der Waals surface area contributed by atoms with Gasteiger partial charge in [-0.25, -0.2) is 0 Å². The van der Waals surface area contributed by atoms with Crippen molar-refractivity contribution < 1.29 is 24.7 Å². The standard InChI is InChI=1S/C19H42N2O4/c1-7-8-19(6,13-22-11-17(4)24-9-15(2)20)14-23-12-18(5)25-10-16(3)21/h15-18H,7-14,20-21H2,1-6H3/p+1. The van der Waals surface area contributed by atoms with Crippen molar-refractivity contribution in [1.82, 2.24) is 0 Å². The summed E-state index contributed by atoms with van der Waals surface area (Å²) in [7, 11) is 0. The van der Waals surface area contributed by atoms with E-state index in [0.717, 1.165) is 12.8 Å². The minimum atomic E-state index is 0.00888. The van der Waals surface area contributed by atoms with Crippen LogP contribution in [0.1, 0.15) is 54.4 Å².